The van der Waals surface area contributed by atoms with Gasteiger partial charge in [0, 0.05) is 36.3 Å². The lowest BCUT2D eigenvalue weighted by Crippen LogP contribution is -2.31. The average Bonchev–Trinajstić information content (AvgIpc) is 3.43. The number of rotatable bonds is 6. The number of anilines is 1. The molecule has 0 spiro atoms. The van der Waals surface area contributed by atoms with Crippen LogP contribution in [-0.2, 0) is 4.79 Å². The smallest absolute Gasteiger partial charge is 0.232 e. The molecule has 34 heavy (non-hydrogen) atoms. The summed E-state index contributed by atoms with van der Waals surface area (Å²) in [6, 6.07) is 18.0. The van der Waals surface area contributed by atoms with Crippen LogP contribution in [0.5, 0.6) is 5.88 Å². The number of likely N-dealkylation sites (N-methyl/N-ethyl adjacent to an activating group) is 1. The van der Waals surface area contributed by atoms with Crippen molar-refractivity contribution in [1.29, 1.82) is 0 Å². The minimum Gasteiger partial charge on any atom is -0.469 e. The van der Waals surface area contributed by atoms with E-state index in [0.717, 1.165) is 22.5 Å². The zero-order valence-electron chi connectivity index (χ0n) is 19.4. The van der Waals surface area contributed by atoms with Crippen LogP contribution in [-0.4, -0.2) is 52.1 Å². The Morgan fingerprint density at radius 3 is 2.62 bits per heavy atom. The van der Waals surface area contributed by atoms with Crippen molar-refractivity contribution in [2.75, 3.05) is 25.5 Å². The van der Waals surface area contributed by atoms with Gasteiger partial charge in [-0.25, -0.2) is 13.9 Å². The van der Waals surface area contributed by atoms with Gasteiger partial charge in [-0.2, -0.15) is 0 Å². The first-order chi connectivity index (χ1) is 16.4. The molecule has 1 aliphatic heterocycles. The predicted molar refractivity (Wildman–Crippen MR) is 128 cm³/mol. The molecule has 1 aliphatic rings. The molecule has 1 fully saturated rings. The van der Waals surface area contributed by atoms with E-state index in [1.165, 1.54) is 12.1 Å². The molecule has 2 aromatic heterocycles. The second-order valence-electron chi connectivity index (χ2n) is 8.77. The number of nitrogens with zero attached hydrogens (tertiary/aromatic N) is 5. The number of fused-ring (bicyclic) bond motifs is 1. The lowest BCUT2D eigenvalue weighted by atomic mass is 10.1. The van der Waals surface area contributed by atoms with Crippen molar-refractivity contribution in [2.24, 2.45) is 0 Å². The van der Waals surface area contributed by atoms with Crippen molar-refractivity contribution in [3.63, 3.8) is 0 Å². The number of benzene rings is 2. The third-order valence-electron chi connectivity index (χ3n) is 6.26. The Hall–Kier alpha value is -3.78. The molecule has 0 N–H and O–H groups in total. The van der Waals surface area contributed by atoms with Crippen LogP contribution in [0.3, 0.4) is 0 Å². The maximum Gasteiger partial charge on any atom is 0.232 e. The second-order valence-corrected chi connectivity index (χ2v) is 8.77. The van der Waals surface area contributed by atoms with Crippen molar-refractivity contribution >= 4 is 17.2 Å². The largest absolute Gasteiger partial charge is 0.469 e. The van der Waals surface area contributed by atoms with Crippen LogP contribution in [0.15, 0.2) is 66.9 Å². The average molecular weight is 460 g/mol. The van der Waals surface area contributed by atoms with Crippen molar-refractivity contribution < 1.29 is 13.9 Å². The molecule has 174 valence electrons. The van der Waals surface area contributed by atoms with E-state index < -0.39 is 0 Å². The summed E-state index contributed by atoms with van der Waals surface area (Å²) in [6.07, 6.45) is 1.93. The van der Waals surface area contributed by atoms with E-state index in [-0.39, 0.29) is 23.9 Å². The van der Waals surface area contributed by atoms with Crippen LogP contribution in [0.4, 0.5) is 10.1 Å². The molecule has 2 aromatic carbocycles. The van der Waals surface area contributed by atoms with E-state index in [4.69, 9.17) is 4.74 Å². The molecule has 0 saturated carbocycles. The number of carbonyl (C=O) groups excluding carboxylic acids is 1. The predicted octanol–water partition coefficient (Wildman–Crippen LogP) is 4.34. The van der Waals surface area contributed by atoms with Gasteiger partial charge in [0.2, 0.25) is 11.8 Å². The van der Waals surface area contributed by atoms with E-state index in [0.29, 0.717) is 24.5 Å². The van der Waals surface area contributed by atoms with Gasteiger partial charge in [-0.05, 0) is 56.9 Å². The van der Waals surface area contributed by atoms with Gasteiger partial charge in [-0.15, -0.1) is 5.10 Å². The number of aromatic nitrogens is 3. The molecule has 2 atom stereocenters. The summed E-state index contributed by atoms with van der Waals surface area (Å²) in [5, 5.41) is 4.61. The molecule has 5 rings (SSSR count). The van der Waals surface area contributed by atoms with Gasteiger partial charge in [0.1, 0.15) is 11.9 Å². The first-order valence-electron chi connectivity index (χ1n) is 11.2. The normalized spacial score (nSPS) is 17.0. The molecular formula is C26H26FN5O2. The van der Waals surface area contributed by atoms with Crippen molar-refractivity contribution in [3.8, 4) is 17.1 Å². The first kappa shape index (κ1) is 22.0. The molecule has 1 amide bonds. The van der Waals surface area contributed by atoms with E-state index in [9.17, 15) is 9.18 Å². The molecule has 8 heteroatoms. The highest BCUT2D eigenvalue weighted by Gasteiger charge is 2.31. The summed E-state index contributed by atoms with van der Waals surface area (Å²) < 4.78 is 21.3. The van der Waals surface area contributed by atoms with Crippen molar-refractivity contribution in [3.05, 3.63) is 78.2 Å². The summed E-state index contributed by atoms with van der Waals surface area (Å²) in [5.74, 6) is 0.249. The second kappa shape index (κ2) is 8.87. The maximum absolute atomic E-state index is 13.6. The fraction of sp³-hybridized carbons (Fsp3) is 0.269. The van der Waals surface area contributed by atoms with E-state index in [1.807, 2.05) is 62.3 Å². The van der Waals surface area contributed by atoms with Gasteiger partial charge in [0.25, 0.3) is 0 Å². The number of ether oxygens (including phenoxy) is 1. The topological polar surface area (TPSA) is 63.0 Å². The molecule has 0 aliphatic carbocycles. The zero-order chi connectivity index (χ0) is 23.8. The summed E-state index contributed by atoms with van der Waals surface area (Å²) in [4.78, 5) is 20.8. The van der Waals surface area contributed by atoms with Crippen LogP contribution in [0.2, 0.25) is 0 Å². The maximum atomic E-state index is 13.6. The Labute approximate surface area is 197 Å². The Kier molecular flexibility index (Phi) is 5.75. The van der Waals surface area contributed by atoms with Crippen LogP contribution in [0.1, 0.15) is 25.0 Å². The number of carbonyl (C=O) groups is 1. The first-order valence-corrected chi connectivity index (χ1v) is 11.2. The Morgan fingerprint density at radius 2 is 1.91 bits per heavy atom. The van der Waals surface area contributed by atoms with Gasteiger partial charge in [0.05, 0.1) is 11.9 Å². The molecule has 4 aromatic rings. The number of amides is 1. The minimum atomic E-state index is -0.365. The molecule has 0 radical (unpaired) electrons. The van der Waals surface area contributed by atoms with Gasteiger partial charge >= 0.3 is 0 Å². The van der Waals surface area contributed by atoms with E-state index in [1.54, 1.807) is 22.8 Å². The van der Waals surface area contributed by atoms with Gasteiger partial charge in [0.15, 0.2) is 5.65 Å². The summed E-state index contributed by atoms with van der Waals surface area (Å²) in [6.45, 7) is 2.54. The molecule has 1 saturated heterocycles. The van der Waals surface area contributed by atoms with Crippen LogP contribution >= 0.6 is 0 Å². The highest BCUT2D eigenvalue weighted by molar-refractivity contribution is 5.96. The molecule has 0 unspecified atom stereocenters. The fourth-order valence-electron chi connectivity index (χ4n) is 4.22. The molecular weight excluding hydrogens is 433 g/mol. The lowest BCUT2D eigenvalue weighted by molar-refractivity contribution is -0.117. The Bertz CT molecular complexity index is 1330. The number of halogens is 1. The molecule has 7 nitrogen and oxygen atoms in total. The number of imidazole rings is 1. The molecule has 3 heterocycles. The lowest BCUT2D eigenvalue weighted by Gasteiger charge is -2.20. The van der Waals surface area contributed by atoms with Crippen molar-refractivity contribution in [1.82, 2.24) is 19.5 Å². The van der Waals surface area contributed by atoms with Gasteiger partial charge in [-0.3, -0.25) is 4.79 Å². The third kappa shape index (κ3) is 4.24. The molecule has 0 bridgehead atoms. The number of hydrogen-bond donors (Lipinski definition) is 0. The van der Waals surface area contributed by atoms with Crippen LogP contribution in [0, 0.1) is 5.82 Å². The van der Waals surface area contributed by atoms with Crippen LogP contribution < -0.4 is 9.64 Å². The van der Waals surface area contributed by atoms with E-state index in [2.05, 4.69) is 15.0 Å². The highest BCUT2D eigenvalue weighted by atomic mass is 19.1. The minimum absolute atomic E-state index is 0.136. The Morgan fingerprint density at radius 1 is 1.12 bits per heavy atom. The fourth-order valence-corrected chi connectivity index (χ4v) is 4.22. The SMILES string of the molecule is C[C@@H](Oc1ccc2ncc(-c3ccc(N4C[C@@H](N(C)C)CC4=O)cc3)n2n1)c1cccc(F)c1. The summed E-state index contributed by atoms with van der Waals surface area (Å²) in [5.41, 5.74) is 4.04. The third-order valence-corrected chi connectivity index (χ3v) is 6.26. The van der Waals surface area contributed by atoms with Gasteiger partial charge < -0.3 is 14.5 Å². The monoisotopic (exact) mass is 459 g/mol. The summed E-state index contributed by atoms with van der Waals surface area (Å²) >= 11 is 0. The summed E-state index contributed by atoms with van der Waals surface area (Å²) in [7, 11) is 4.00. The quantitative estimate of drug-likeness (QED) is 0.429. The van der Waals surface area contributed by atoms with Crippen molar-refractivity contribution in [2.45, 2.75) is 25.5 Å². The standard InChI is InChI=1S/C26H26FN5O2/c1-17(19-5-4-6-20(27)13-19)34-25-12-11-24-28-15-23(32(24)29-25)18-7-9-21(10-8-18)31-16-22(30(2)3)14-26(31)33/h4-13,15,17,22H,14,16H2,1-3H3/t17-,22+/m1/s1. The Balaban J connectivity index is 1.38. The van der Waals surface area contributed by atoms with Gasteiger partial charge in [-0.1, -0.05) is 24.3 Å². The zero-order valence-corrected chi connectivity index (χ0v) is 19.4. The van der Waals surface area contributed by atoms with E-state index >= 15 is 0 Å². The highest BCUT2D eigenvalue weighted by Crippen LogP contribution is 2.28. The number of hydrogen-bond acceptors (Lipinski definition) is 5. The van der Waals surface area contributed by atoms with Crippen LogP contribution in [0.25, 0.3) is 16.9 Å².